The quantitative estimate of drug-likeness (QED) is 0.576. The zero-order chi connectivity index (χ0) is 8.27. The summed E-state index contributed by atoms with van der Waals surface area (Å²) in [5, 5.41) is -0.752. The highest BCUT2D eigenvalue weighted by atomic mass is 32.1. The van der Waals surface area contributed by atoms with E-state index in [0.717, 1.165) is 0 Å². The summed E-state index contributed by atoms with van der Waals surface area (Å²) in [4.78, 5) is 21.5. The summed E-state index contributed by atoms with van der Waals surface area (Å²) in [5.41, 5.74) is 4.95. The molecule has 1 unspecified atom stereocenters. The van der Waals surface area contributed by atoms with Crippen LogP contribution in [0.1, 0.15) is 11.1 Å². The first kappa shape index (κ1) is 7.93. The average molecular weight is 170 g/mol. The van der Waals surface area contributed by atoms with E-state index in [1.54, 1.807) is 0 Å². The molecule has 0 aromatic carbocycles. The molecule has 1 atom stereocenters. The van der Waals surface area contributed by atoms with Crippen molar-refractivity contribution < 1.29 is 4.79 Å². The van der Waals surface area contributed by atoms with Crippen LogP contribution in [0.3, 0.4) is 0 Å². The minimum Gasteiger partial charge on any atom is -0.368 e. The summed E-state index contributed by atoms with van der Waals surface area (Å²) in [5.74, 6) is -0.296. The first-order valence-electron chi connectivity index (χ1n) is 2.81. The van der Waals surface area contributed by atoms with E-state index in [1.165, 1.54) is 12.7 Å². The van der Waals surface area contributed by atoms with Gasteiger partial charge in [-0.15, -0.1) is 0 Å². The molecule has 0 spiro atoms. The smallest absolute Gasteiger partial charge is 0.238 e. The molecule has 0 aliphatic heterocycles. The molecule has 0 radical (unpaired) electrons. The Morgan fingerprint density at radius 2 is 2.09 bits per heavy atom. The van der Waals surface area contributed by atoms with Crippen LogP contribution in [0.25, 0.3) is 0 Å². The van der Waals surface area contributed by atoms with Crippen LogP contribution >= 0.6 is 12.6 Å². The summed E-state index contributed by atoms with van der Waals surface area (Å²) < 4.78 is 0. The van der Waals surface area contributed by atoms with Crippen LogP contribution in [0.5, 0.6) is 0 Å². The Balaban J connectivity index is 2.85. The molecule has 2 N–H and O–H groups in total. The lowest BCUT2D eigenvalue weighted by Crippen LogP contribution is -2.19. The lowest BCUT2D eigenvalue weighted by molar-refractivity contribution is -0.117. The Morgan fingerprint density at radius 3 is 2.55 bits per heavy atom. The normalized spacial score (nSPS) is 12.5. The van der Waals surface area contributed by atoms with Crippen molar-refractivity contribution in [3.8, 4) is 0 Å². The number of hydrogen-bond acceptors (Lipinski definition) is 5. The van der Waals surface area contributed by atoms with Crippen molar-refractivity contribution in [1.82, 2.24) is 15.0 Å². The Bertz CT molecular complexity index is 252. The van der Waals surface area contributed by atoms with Gasteiger partial charge < -0.3 is 5.73 Å². The number of rotatable bonds is 2. The third-order valence-corrected chi connectivity index (χ3v) is 1.51. The van der Waals surface area contributed by atoms with E-state index in [4.69, 9.17) is 5.73 Å². The van der Waals surface area contributed by atoms with Gasteiger partial charge in [-0.2, -0.15) is 12.6 Å². The van der Waals surface area contributed by atoms with Gasteiger partial charge in [0.25, 0.3) is 0 Å². The predicted octanol–water partition coefficient (Wildman–Crippen LogP) is -0.672. The largest absolute Gasteiger partial charge is 0.368 e. The Morgan fingerprint density at radius 1 is 1.55 bits per heavy atom. The number of nitrogens with two attached hydrogens (primary N) is 1. The van der Waals surface area contributed by atoms with E-state index in [9.17, 15) is 4.79 Å². The van der Waals surface area contributed by atoms with Crippen LogP contribution in [-0.2, 0) is 4.79 Å². The van der Waals surface area contributed by atoms with Crippen LogP contribution in [0, 0.1) is 0 Å². The molecular formula is C5H6N4OS. The molecule has 1 rings (SSSR count). The number of carbonyl (C=O) groups is 1. The van der Waals surface area contributed by atoms with Crippen molar-refractivity contribution in [1.29, 1.82) is 0 Å². The molecule has 11 heavy (non-hydrogen) atoms. The maximum absolute atomic E-state index is 10.5. The summed E-state index contributed by atoms with van der Waals surface area (Å²) in [7, 11) is 0. The van der Waals surface area contributed by atoms with Crippen LogP contribution in [0.4, 0.5) is 0 Å². The average Bonchev–Trinajstić information content (AvgIpc) is 2.05. The first-order valence-corrected chi connectivity index (χ1v) is 3.32. The molecule has 1 amide bonds. The molecular weight excluding hydrogens is 164 g/mol. The predicted molar refractivity (Wildman–Crippen MR) is 40.7 cm³/mol. The molecule has 0 bridgehead atoms. The molecule has 0 fully saturated rings. The van der Waals surface area contributed by atoms with Gasteiger partial charge in [0.05, 0.1) is 0 Å². The van der Waals surface area contributed by atoms with Gasteiger partial charge in [-0.1, -0.05) is 0 Å². The summed E-state index contributed by atoms with van der Waals surface area (Å²) >= 11 is 3.89. The van der Waals surface area contributed by atoms with Gasteiger partial charge in [0.2, 0.25) is 5.91 Å². The zero-order valence-corrected chi connectivity index (χ0v) is 6.40. The van der Waals surface area contributed by atoms with Crippen LogP contribution < -0.4 is 5.73 Å². The summed E-state index contributed by atoms with van der Waals surface area (Å²) in [6, 6.07) is 0. The van der Waals surface area contributed by atoms with Gasteiger partial charge >= 0.3 is 0 Å². The Hall–Kier alpha value is -1.17. The third-order valence-electron chi connectivity index (χ3n) is 1.03. The van der Waals surface area contributed by atoms with Crippen LogP contribution in [-0.4, -0.2) is 20.9 Å². The molecule has 0 aliphatic rings. The number of thiol groups is 1. The number of carbonyl (C=O) groups excluding carboxylic acids is 1. The van der Waals surface area contributed by atoms with E-state index < -0.39 is 11.2 Å². The van der Waals surface area contributed by atoms with Crippen molar-refractivity contribution in [3.05, 3.63) is 18.5 Å². The molecule has 5 nitrogen and oxygen atoms in total. The summed E-state index contributed by atoms with van der Waals surface area (Å²) in [6.07, 6.45) is 2.57. The molecule has 1 aromatic heterocycles. The maximum atomic E-state index is 10.5. The lowest BCUT2D eigenvalue weighted by atomic mass is 10.4. The van der Waals surface area contributed by atoms with Crippen molar-refractivity contribution >= 4 is 18.5 Å². The van der Waals surface area contributed by atoms with Gasteiger partial charge in [-0.25, -0.2) is 15.0 Å². The van der Waals surface area contributed by atoms with E-state index in [-0.39, 0.29) is 5.82 Å². The Labute approximate surface area is 68.5 Å². The topological polar surface area (TPSA) is 81.8 Å². The molecule has 1 aromatic rings. The van der Waals surface area contributed by atoms with E-state index in [2.05, 4.69) is 27.6 Å². The molecule has 0 saturated carbocycles. The number of aromatic nitrogens is 3. The minimum atomic E-state index is -0.752. The van der Waals surface area contributed by atoms with E-state index >= 15 is 0 Å². The van der Waals surface area contributed by atoms with E-state index in [1.807, 2.05) is 0 Å². The second kappa shape index (κ2) is 3.29. The fourth-order valence-corrected chi connectivity index (χ4v) is 0.650. The second-order valence-electron chi connectivity index (χ2n) is 1.80. The van der Waals surface area contributed by atoms with Crippen molar-refractivity contribution in [3.63, 3.8) is 0 Å². The van der Waals surface area contributed by atoms with Crippen molar-refractivity contribution in [2.24, 2.45) is 5.73 Å². The highest BCUT2D eigenvalue weighted by Gasteiger charge is 2.14. The molecule has 1 heterocycles. The number of amides is 1. The maximum Gasteiger partial charge on any atom is 0.238 e. The standard InChI is InChI=1S/C5H6N4OS/c6-4(10)3(11)5-8-1-7-2-9-5/h1-3,11H,(H2,6,10). The Kier molecular flexibility index (Phi) is 2.37. The number of primary amides is 1. The van der Waals surface area contributed by atoms with Crippen LogP contribution in [0.15, 0.2) is 12.7 Å². The number of nitrogens with zero attached hydrogens (tertiary/aromatic N) is 3. The van der Waals surface area contributed by atoms with Gasteiger partial charge in [-0.3, -0.25) is 4.79 Å². The zero-order valence-electron chi connectivity index (χ0n) is 5.51. The fourth-order valence-electron chi connectivity index (χ4n) is 0.517. The number of hydrogen-bond donors (Lipinski definition) is 2. The van der Waals surface area contributed by atoms with Crippen LogP contribution in [0.2, 0.25) is 0 Å². The molecule has 0 saturated heterocycles. The second-order valence-corrected chi connectivity index (χ2v) is 2.32. The summed E-state index contributed by atoms with van der Waals surface area (Å²) in [6.45, 7) is 0. The molecule has 0 aliphatic carbocycles. The highest BCUT2D eigenvalue weighted by Crippen LogP contribution is 2.12. The van der Waals surface area contributed by atoms with Crippen molar-refractivity contribution in [2.45, 2.75) is 5.25 Å². The van der Waals surface area contributed by atoms with Gasteiger partial charge in [-0.05, 0) is 0 Å². The third kappa shape index (κ3) is 1.87. The van der Waals surface area contributed by atoms with Gasteiger partial charge in [0.15, 0.2) is 5.82 Å². The first-order chi connectivity index (χ1) is 5.22. The molecule has 58 valence electrons. The van der Waals surface area contributed by atoms with Gasteiger partial charge in [0.1, 0.15) is 17.9 Å². The monoisotopic (exact) mass is 170 g/mol. The lowest BCUT2D eigenvalue weighted by Gasteiger charge is -2.01. The fraction of sp³-hybridized carbons (Fsp3) is 0.200. The minimum absolute atomic E-state index is 0.274. The van der Waals surface area contributed by atoms with Crippen molar-refractivity contribution in [2.75, 3.05) is 0 Å². The molecule has 6 heteroatoms. The highest BCUT2D eigenvalue weighted by molar-refractivity contribution is 7.81. The SMILES string of the molecule is NC(=O)C(S)c1ncncn1. The van der Waals surface area contributed by atoms with E-state index in [0.29, 0.717) is 0 Å². The van der Waals surface area contributed by atoms with Gasteiger partial charge in [0, 0.05) is 0 Å².